The zero-order valence-electron chi connectivity index (χ0n) is 12.4. The van der Waals surface area contributed by atoms with Crippen LogP contribution < -0.4 is 4.90 Å². The highest BCUT2D eigenvalue weighted by atomic mass is 79.9. The van der Waals surface area contributed by atoms with Gasteiger partial charge >= 0.3 is 0 Å². The molecule has 1 fully saturated rings. The summed E-state index contributed by atoms with van der Waals surface area (Å²) in [6, 6.07) is 9.67. The van der Waals surface area contributed by atoms with Crippen molar-refractivity contribution in [2.24, 2.45) is 0 Å². The van der Waals surface area contributed by atoms with Gasteiger partial charge in [-0.15, -0.1) is 0 Å². The molecular formula is C16H22BrN3. The normalized spacial score (nSPS) is 24.2. The van der Waals surface area contributed by atoms with E-state index in [4.69, 9.17) is 5.26 Å². The number of nitrogens with zero attached hydrogens (tertiary/aromatic N) is 3. The lowest BCUT2D eigenvalue weighted by Crippen LogP contribution is -2.41. The van der Waals surface area contributed by atoms with Crippen LogP contribution in [0.4, 0.5) is 5.69 Å². The Hall–Kier alpha value is -1.05. The predicted molar refractivity (Wildman–Crippen MR) is 87.0 cm³/mol. The summed E-state index contributed by atoms with van der Waals surface area (Å²) in [5.74, 6) is 0. The van der Waals surface area contributed by atoms with Crippen molar-refractivity contribution in [2.45, 2.75) is 38.8 Å². The van der Waals surface area contributed by atoms with Crippen molar-refractivity contribution in [2.75, 3.05) is 25.0 Å². The third-order valence-electron chi connectivity index (χ3n) is 4.37. The number of hydrogen-bond acceptors (Lipinski definition) is 3. The molecule has 0 radical (unpaired) electrons. The van der Waals surface area contributed by atoms with Gasteiger partial charge in [0.2, 0.25) is 0 Å². The van der Waals surface area contributed by atoms with E-state index in [1.165, 1.54) is 11.3 Å². The van der Waals surface area contributed by atoms with Gasteiger partial charge in [-0.25, -0.2) is 0 Å². The zero-order valence-corrected chi connectivity index (χ0v) is 14.0. The van der Waals surface area contributed by atoms with Crippen molar-refractivity contribution in [1.29, 1.82) is 5.26 Å². The summed E-state index contributed by atoms with van der Waals surface area (Å²) in [5, 5.41) is 9.05. The average molecular weight is 336 g/mol. The third kappa shape index (κ3) is 3.34. The molecule has 1 aromatic carbocycles. The summed E-state index contributed by atoms with van der Waals surface area (Å²) in [4.78, 5) is 4.76. The van der Waals surface area contributed by atoms with Crippen LogP contribution in [0.15, 0.2) is 22.7 Å². The molecule has 0 aliphatic carbocycles. The van der Waals surface area contributed by atoms with Crippen molar-refractivity contribution in [3.63, 3.8) is 0 Å². The fourth-order valence-corrected chi connectivity index (χ4v) is 3.07. The first-order valence-corrected chi connectivity index (χ1v) is 7.92. The van der Waals surface area contributed by atoms with Gasteiger partial charge in [-0.1, -0.05) is 22.0 Å². The van der Waals surface area contributed by atoms with Crippen molar-refractivity contribution >= 4 is 21.6 Å². The number of rotatable bonds is 2. The maximum Gasteiger partial charge on any atom is 0.0638 e. The molecule has 1 aromatic rings. The number of likely N-dealkylation sites (N-methyl/N-ethyl adjacent to an activating group) is 1. The third-order valence-corrected chi connectivity index (χ3v) is 5.22. The van der Waals surface area contributed by atoms with Crippen LogP contribution in [0.25, 0.3) is 0 Å². The molecule has 0 spiro atoms. The lowest BCUT2D eigenvalue weighted by molar-refractivity contribution is 0.199. The van der Waals surface area contributed by atoms with Crippen LogP contribution in [0.5, 0.6) is 0 Å². The van der Waals surface area contributed by atoms with E-state index in [0.717, 1.165) is 24.0 Å². The molecule has 1 aliphatic rings. The first kappa shape index (κ1) is 15.3. The molecule has 2 unspecified atom stereocenters. The minimum Gasteiger partial charge on any atom is -0.370 e. The highest BCUT2D eigenvalue weighted by Gasteiger charge is 2.26. The second kappa shape index (κ2) is 6.60. The van der Waals surface area contributed by atoms with Gasteiger partial charge in [0.25, 0.3) is 0 Å². The molecule has 2 rings (SSSR count). The maximum absolute atomic E-state index is 9.05. The number of nitriles is 1. The lowest BCUT2D eigenvalue weighted by atomic mass is 10.1. The molecule has 4 heteroatoms. The molecule has 108 valence electrons. The van der Waals surface area contributed by atoms with Crippen LogP contribution in [-0.2, 0) is 0 Å². The van der Waals surface area contributed by atoms with Crippen LogP contribution in [0.1, 0.15) is 25.3 Å². The Balaban J connectivity index is 2.23. The van der Waals surface area contributed by atoms with E-state index in [-0.39, 0.29) is 0 Å². The number of anilines is 1. The quantitative estimate of drug-likeness (QED) is 0.827. The van der Waals surface area contributed by atoms with Gasteiger partial charge in [0, 0.05) is 35.3 Å². The molecular weight excluding hydrogens is 314 g/mol. The van der Waals surface area contributed by atoms with Gasteiger partial charge < -0.3 is 4.90 Å². The number of hydrogen-bond donors (Lipinski definition) is 0. The van der Waals surface area contributed by atoms with E-state index >= 15 is 0 Å². The van der Waals surface area contributed by atoms with Crippen molar-refractivity contribution in [3.8, 4) is 6.07 Å². The van der Waals surface area contributed by atoms with E-state index in [9.17, 15) is 0 Å². The molecule has 0 bridgehead atoms. The van der Waals surface area contributed by atoms with Crippen LogP contribution in [0.2, 0.25) is 0 Å². The van der Waals surface area contributed by atoms with E-state index in [1.807, 2.05) is 0 Å². The summed E-state index contributed by atoms with van der Waals surface area (Å²) in [5.41, 5.74) is 2.50. The minimum absolute atomic E-state index is 0.303. The standard InChI is InChI=1S/C16H22BrN3/c1-12-4-5-14(10-16(12)17)20-9-7-13(2)19(3)15(11-20)6-8-18/h4-5,10,13,15H,6-7,9,11H2,1-3H3. The molecule has 0 saturated carbocycles. The van der Waals surface area contributed by atoms with Crippen molar-refractivity contribution in [1.82, 2.24) is 4.90 Å². The van der Waals surface area contributed by atoms with Crippen LogP contribution in [0, 0.1) is 18.3 Å². The van der Waals surface area contributed by atoms with Gasteiger partial charge in [-0.2, -0.15) is 5.26 Å². The van der Waals surface area contributed by atoms with E-state index in [0.29, 0.717) is 18.5 Å². The Morgan fingerprint density at radius 2 is 2.20 bits per heavy atom. The predicted octanol–water partition coefficient (Wildman–Crippen LogP) is 3.57. The zero-order chi connectivity index (χ0) is 14.7. The van der Waals surface area contributed by atoms with Gasteiger partial charge in [-0.3, -0.25) is 4.90 Å². The smallest absolute Gasteiger partial charge is 0.0638 e. The lowest BCUT2D eigenvalue weighted by Gasteiger charge is -2.30. The molecule has 1 saturated heterocycles. The van der Waals surface area contributed by atoms with Crippen molar-refractivity contribution in [3.05, 3.63) is 28.2 Å². The minimum atomic E-state index is 0.303. The van der Waals surface area contributed by atoms with Crippen LogP contribution in [0.3, 0.4) is 0 Å². The number of halogens is 1. The van der Waals surface area contributed by atoms with Crippen LogP contribution >= 0.6 is 15.9 Å². The second-order valence-electron chi connectivity index (χ2n) is 5.70. The van der Waals surface area contributed by atoms with E-state index < -0.39 is 0 Å². The Kier molecular flexibility index (Phi) is 5.06. The van der Waals surface area contributed by atoms with Gasteiger partial charge in [0.15, 0.2) is 0 Å². The first-order valence-electron chi connectivity index (χ1n) is 7.13. The second-order valence-corrected chi connectivity index (χ2v) is 6.55. The topological polar surface area (TPSA) is 30.3 Å². The van der Waals surface area contributed by atoms with E-state index in [1.54, 1.807) is 0 Å². The molecule has 0 aromatic heterocycles. The van der Waals surface area contributed by atoms with Crippen LogP contribution in [-0.4, -0.2) is 37.1 Å². The molecule has 2 atom stereocenters. The Morgan fingerprint density at radius 3 is 2.85 bits per heavy atom. The Bertz CT molecular complexity index is 509. The Labute approximate surface area is 130 Å². The highest BCUT2D eigenvalue weighted by molar-refractivity contribution is 9.10. The summed E-state index contributed by atoms with van der Waals surface area (Å²) < 4.78 is 1.15. The molecule has 1 heterocycles. The molecule has 0 amide bonds. The maximum atomic E-state index is 9.05. The monoisotopic (exact) mass is 335 g/mol. The summed E-state index contributed by atoms with van der Waals surface area (Å²) in [6.45, 7) is 6.32. The van der Waals surface area contributed by atoms with Gasteiger partial charge in [0.05, 0.1) is 12.5 Å². The van der Waals surface area contributed by atoms with Gasteiger partial charge in [-0.05, 0) is 45.0 Å². The molecule has 3 nitrogen and oxygen atoms in total. The summed E-state index contributed by atoms with van der Waals surface area (Å²) in [6.07, 6.45) is 1.72. The summed E-state index contributed by atoms with van der Waals surface area (Å²) >= 11 is 3.61. The molecule has 20 heavy (non-hydrogen) atoms. The molecule has 0 N–H and O–H groups in total. The molecule has 1 aliphatic heterocycles. The number of aryl methyl sites for hydroxylation is 1. The fraction of sp³-hybridized carbons (Fsp3) is 0.562. The average Bonchev–Trinajstić information content (AvgIpc) is 2.56. The van der Waals surface area contributed by atoms with Crippen molar-refractivity contribution < 1.29 is 0 Å². The first-order chi connectivity index (χ1) is 9.52. The summed E-state index contributed by atoms with van der Waals surface area (Å²) in [7, 11) is 2.14. The number of benzene rings is 1. The van der Waals surface area contributed by atoms with Gasteiger partial charge in [0.1, 0.15) is 0 Å². The fourth-order valence-electron chi connectivity index (χ4n) is 2.71. The van der Waals surface area contributed by atoms with E-state index in [2.05, 4.69) is 70.9 Å². The largest absolute Gasteiger partial charge is 0.370 e. The Morgan fingerprint density at radius 1 is 1.45 bits per heavy atom. The highest BCUT2D eigenvalue weighted by Crippen LogP contribution is 2.26. The SMILES string of the molecule is Cc1ccc(N2CCC(C)N(C)C(CC#N)C2)cc1Br.